The minimum Gasteiger partial charge on any atom is -0.305 e. The molecule has 114 valence electrons. The second-order valence-electron chi connectivity index (χ2n) is 6.84. The molecule has 21 heavy (non-hydrogen) atoms. The fourth-order valence-electron chi connectivity index (χ4n) is 2.33. The largest absolute Gasteiger partial charge is 0.305 e. The molecule has 2 nitrogen and oxygen atoms in total. The van der Waals surface area contributed by atoms with Crippen LogP contribution in [0.1, 0.15) is 60.3 Å². The Labute approximate surface area is 132 Å². The fraction of sp³-hybridized carbons (Fsp3) is 0.500. The van der Waals surface area contributed by atoms with Gasteiger partial charge in [0.15, 0.2) is 0 Å². The molecule has 3 heteroatoms. The number of rotatable bonds is 4. The lowest BCUT2D eigenvalue weighted by atomic mass is 9.98. The molecule has 0 amide bonds. The van der Waals surface area contributed by atoms with Gasteiger partial charge in [0.25, 0.3) is 0 Å². The van der Waals surface area contributed by atoms with Crippen LogP contribution >= 0.6 is 11.3 Å². The summed E-state index contributed by atoms with van der Waals surface area (Å²) in [5.74, 6) is 0. The molecular formula is C18H26N2S. The second-order valence-corrected chi connectivity index (χ2v) is 7.96. The van der Waals surface area contributed by atoms with Gasteiger partial charge in [0.2, 0.25) is 0 Å². The van der Waals surface area contributed by atoms with Gasteiger partial charge in [0.05, 0.1) is 5.01 Å². The van der Waals surface area contributed by atoms with Crippen LogP contribution in [0.15, 0.2) is 24.4 Å². The van der Waals surface area contributed by atoms with Crippen LogP contribution < -0.4 is 5.32 Å². The Balaban J connectivity index is 2.02. The highest BCUT2D eigenvalue weighted by molar-refractivity contribution is 7.11. The summed E-state index contributed by atoms with van der Waals surface area (Å²) >= 11 is 1.81. The molecule has 0 aliphatic heterocycles. The Hall–Kier alpha value is -1.19. The van der Waals surface area contributed by atoms with Crippen molar-refractivity contribution in [1.29, 1.82) is 0 Å². The van der Waals surface area contributed by atoms with Crippen LogP contribution in [0.25, 0.3) is 0 Å². The summed E-state index contributed by atoms with van der Waals surface area (Å²) in [5, 5.41) is 4.83. The SMILES string of the molecule is Cc1ccc(C)c(C(C)NCc2cnc(C(C)(C)C)s2)c1. The molecule has 0 aliphatic rings. The third-order valence-electron chi connectivity index (χ3n) is 3.68. The molecule has 1 atom stereocenters. The molecule has 0 spiro atoms. The second kappa shape index (κ2) is 6.29. The smallest absolute Gasteiger partial charge is 0.0981 e. The minimum absolute atomic E-state index is 0.141. The van der Waals surface area contributed by atoms with Crippen molar-refractivity contribution in [1.82, 2.24) is 10.3 Å². The maximum Gasteiger partial charge on any atom is 0.0981 e. The summed E-state index contributed by atoms with van der Waals surface area (Å²) in [6.45, 7) is 14.1. The van der Waals surface area contributed by atoms with E-state index < -0.39 is 0 Å². The summed E-state index contributed by atoms with van der Waals surface area (Å²) in [4.78, 5) is 5.85. The first-order valence-electron chi connectivity index (χ1n) is 7.53. The third kappa shape index (κ3) is 4.14. The Morgan fingerprint density at radius 2 is 1.95 bits per heavy atom. The van der Waals surface area contributed by atoms with E-state index in [4.69, 9.17) is 0 Å². The molecule has 0 saturated carbocycles. The Kier molecular flexibility index (Phi) is 4.84. The highest BCUT2D eigenvalue weighted by Crippen LogP contribution is 2.27. The maximum atomic E-state index is 4.55. The number of nitrogens with zero attached hydrogens (tertiary/aromatic N) is 1. The Bertz CT molecular complexity index is 608. The van der Waals surface area contributed by atoms with Crippen LogP contribution in [0.3, 0.4) is 0 Å². The summed E-state index contributed by atoms with van der Waals surface area (Å²) in [7, 11) is 0. The van der Waals surface area contributed by atoms with E-state index in [-0.39, 0.29) is 5.41 Å². The first kappa shape index (κ1) is 16.2. The zero-order valence-electron chi connectivity index (χ0n) is 13.9. The number of hydrogen-bond acceptors (Lipinski definition) is 3. The van der Waals surface area contributed by atoms with E-state index in [0.29, 0.717) is 6.04 Å². The lowest BCUT2D eigenvalue weighted by Gasteiger charge is -2.17. The molecule has 1 aromatic carbocycles. The normalized spacial score (nSPS) is 13.4. The number of nitrogens with one attached hydrogen (secondary N) is 1. The van der Waals surface area contributed by atoms with Crippen molar-refractivity contribution in [3.8, 4) is 0 Å². The molecule has 2 rings (SSSR count). The van der Waals surface area contributed by atoms with E-state index in [1.807, 2.05) is 17.5 Å². The Morgan fingerprint density at radius 1 is 1.24 bits per heavy atom. The van der Waals surface area contributed by atoms with Crippen molar-refractivity contribution >= 4 is 11.3 Å². The monoisotopic (exact) mass is 302 g/mol. The van der Waals surface area contributed by atoms with E-state index in [1.54, 1.807) is 0 Å². The van der Waals surface area contributed by atoms with Gasteiger partial charge in [0, 0.05) is 29.1 Å². The molecule has 1 aromatic heterocycles. The first-order valence-corrected chi connectivity index (χ1v) is 8.35. The van der Waals surface area contributed by atoms with Crippen LogP contribution in [-0.4, -0.2) is 4.98 Å². The highest BCUT2D eigenvalue weighted by atomic mass is 32.1. The molecular weight excluding hydrogens is 276 g/mol. The van der Waals surface area contributed by atoms with Gasteiger partial charge in [-0.25, -0.2) is 4.98 Å². The van der Waals surface area contributed by atoms with Crippen LogP contribution in [0.4, 0.5) is 0 Å². The van der Waals surface area contributed by atoms with Crippen molar-refractivity contribution < 1.29 is 0 Å². The fourth-order valence-corrected chi connectivity index (χ4v) is 3.25. The number of thiazole rings is 1. The van der Waals surface area contributed by atoms with Gasteiger partial charge < -0.3 is 5.32 Å². The van der Waals surface area contributed by atoms with Crippen molar-refractivity contribution in [3.05, 3.63) is 51.0 Å². The summed E-state index contributed by atoms with van der Waals surface area (Å²) in [6, 6.07) is 7.00. The molecule has 1 unspecified atom stereocenters. The van der Waals surface area contributed by atoms with Crippen molar-refractivity contribution in [2.75, 3.05) is 0 Å². The predicted molar refractivity (Wildman–Crippen MR) is 92.0 cm³/mol. The molecule has 0 aliphatic carbocycles. The van der Waals surface area contributed by atoms with Crippen molar-refractivity contribution in [3.63, 3.8) is 0 Å². The number of hydrogen-bond donors (Lipinski definition) is 1. The van der Waals surface area contributed by atoms with E-state index in [0.717, 1.165) is 6.54 Å². The van der Waals surface area contributed by atoms with Gasteiger partial charge in [-0.1, -0.05) is 44.5 Å². The van der Waals surface area contributed by atoms with Gasteiger partial charge in [0.1, 0.15) is 0 Å². The van der Waals surface area contributed by atoms with Crippen molar-refractivity contribution in [2.45, 2.75) is 59.5 Å². The van der Waals surface area contributed by atoms with E-state index >= 15 is 0 Å². The highest BCUT2D eigenvalue weighted by Gasteiger charge is 2.18. The molecule has 0 fully saturated rings. The van der Waals surface area contributed by atoms with Crippen LogP contribution in [0, 0.1) is 13.8 Å². The quantitative estimate of drug-likeness (QED) is 0.868. The van der Waals surface area contributed by atoms with Crippen molar-refractivity contribution in [2.24, 2.45) is 0 Å². The topological polar surface area (TPSA) is 24.9 Å². The lowest BCUT2D eigenvalue weighted by Crippen LogP contribution is -2.18. The van der Waals surface area contributed by atoms with Gasteiger partial charge >= 0.3 is 0 Å². The van der Waals surface area contributed by atoms with Crippen LogP contribution in [0.2, 0.25) is 0 Å². The van der Waals surface area contributed by atoms with Crippen LogP contribution in [-0.2, 0) is 12.0 Å². The van der Waals surface area contributed by atoms with Gasteiger partial charge in [-0.2, -0.15) is 0 Å². The molecule has 1 N–H and O–H groups in total. The average Bonchev–Trinajstić information content (AvgIpc) is 2.87. The third-order valence-corrected chi connectivity index (χ3v) is 5.10. The maximum absolute atomic E-state index is 4.55. The summed E-state index contributed by atoms with van der Waals surface area (Å²) < 4.78 is 0. The number of aryl methyl sites for hydroxylation is 2. The number of benzene rings is 1. The first-order chi connectivity index (χ1) is 9.77. The van der Waals surface area contributed by atoms with E-state index in [2.05, 4.69) is 70.0 Å². The van der Waals surface area contributed by atoms with Gasteiger partial charge in [-0.3, -0.25) is 0 Å². The van der Waals surface area contributed by atoms with Gasteiger partial charge in [-0.15, -0.1) is 11.3 Å². The Morgan fingerprint density at radius 3 is 2.57 bits per heavy atom. The molecule has 0 saturated heterocycles. The van der Waals surface area contributed by atoms with E-state index in [1.165, 1.54) is 26.6 Å². The zero-order chi connectivity index (χ0) is 15.6. The lowest BCUT2D eigenvalue weighted by molar-refractivity contribution is 0.575. The average molecular weight is 302 g/mol. The minimum atomic E-state index is 0.141. The van der Waals surface area contributed by atoms with E-state index in [9.17, 15) is 0 Å². The zero-order valence-corrected chi connectivity index (χ0v) is 14.8. The molecule has 2 aromatic rings. The standard InChI is InChI=1S/C18H26N2S/c1-12-7-8-13(2)16(9-12)14(3)19-10-15-11-20-17(21-15)18(4,5)6/h7-9,11,14,19H,10H2,1-6H3. The number of aromatic nitrogens is 1. The summed E-state index contributed by atoms with van der Waals surface area (Å²) in [5.41, 5.74) is 4.19. The molecule has 1 heterocycles. The molecule has 0 bridgehead atoms. The van der Waals surface area contributed by atoms with Gasteiger partial charge in [-0.05, 0) is 31.9 Å². The summed E-state index contributed by atoms with van der Waals surface area (Å²) in [6.07, 6.45) is 2.01. The predicted octanol–water partition coefficient (Wildman–Crippen LogP) is 4.91. The van der Waals surface area contributed by atoms with Crippen LogP contribution in [0.5, 0.6) is 0 Å². The molecule has 0 radical (unpaired) electrons.